The van der Waals surface area contributed by atoms with Crippen molar-refractivity contribution in [1.29, 1.82) is 0 Å². The standard InChI is InChI=1S/C14H22N6S/c1-6-7-15-12-9(4)13(18-11(17-12)8(2)3)21-14-16-10(5)19-20-14/h8H,6-7H2,1-5H3,(H,15,17,18)(H,16,19,20). The quantitative estimate of drug-likeness (QED) is 0.797. The molecule has 2 aromatic heterocycles. The molecule has 0 aliphatic rings. The Morgan fingerprint density at radius 2 is 1.95 bits per heavy atom. The first-order chi connectivity index (χ1) is 10.0. The molecule has 2 rings (SSSR count). The lowest BCUT2D eigenvalue weighted by molar-refractivity contribution is 0.746. The largest absolute Gasteiger partial charge is 0.370 e. The van der Waals surface area contributed by atoms with Crippen molar-refractivity contribution in [3.8, 4) is 0 Å². The normalized spacial score (nSPS) is 11.1. The van der Waals surface area contributed by atoms with Gasteiger partial charge < -0.3 is 5.32 Å². The molecule has 0 aliphatic heterocycles. The number of anilines is 1. The van der Waals surface area contributed by atoms with Crippen LogP contribution in [-0.4, -0.2) is 31.7 Å². The molecule has 114 valence electrons. The molecule has 2 aromatic rings. The van der Waals surface area contributed by atoms with E-state index in [4.69, 9.17) is 0 Å². The summed E-state index contributed by atoms with van der Waals surface area (Å²) in [5, 5.41) is 12.0. The highest BCUT2D eigenvalue weighted by Gasteiger charge is 2.15. The molecule has 21 heavy (non-hydrogen) atoms. The zero-order valence-corrected chi connectivity index (χ0v) is 14.0. The number of rotatable bonds is 6. The number of aryl methyl sites for hydroxylation is 1. The number of aromatic nitrogens is 5. The highest BCUT2D eigenvalue weighted by molar-refractivity contribution is 7.99. The van der Waals surface area contributed by atoms with E-state index in [1.54, 1.807) is 0 Å². The molecule has 0 saturated carbocycles. The second-order valence-electron chi connectivity index (χ2n) is 5.25. The van der Waals surface area contributed by atoms with Gasteiger partial charge in [0.25, 0.3) is 0 Å². The summed E-state index contributed by atoms with van der Waals surface area (Å²) in [6, 6.07) is 0. The summed E-state index contributed by atoms with van der Waals surface area (Å²) in [6.45, 7) is 11.2. The third-order valence-corrected chi connectivity index (χ3v) is 3.90. The summed E-state index contributed by atoms with van der Waals surface area (Å²) < 4.78 is 0. The number of aromatic amines is 1. The van der Waals surface area contributed by atoms with Crippen molar-refractivity contribution in [2.45, 2.75) is 57.1 Å². The maximum atomic E-state index is 4.66. The molecular formula is C14H22N6S. The van der Waals surface area contributed by atoms with Crippen LogP contribution in [0.15, 0.2) is 10.2 Å². The smallest absolute Gasteiger partial charge is 0.214 e. The Labute approximate surface area is 129 Å². The van der Waals surface area contributed by atoms with E-state index in [1.165, 1.54) is 11.8 Å². The highest BCUT2D eigenvalue weighted by atomic mass is 32.2. The Morgan fingerprint density at radius 3 is 2.52 bits per heavy atom. The first kappa shape index (κ1) is 15.8. The first-order valence-electron chi connectivity index (χ1n) is 7.20. The maximum Gasteiger partial charge on any atom is 0.214 e. The fourth-order valence-electron chi connectivity index (χ4n) is 1.74. The van der Waals surface area contributed by atoms with Crippen molar-refractivity contribution in [3.63, 3.8) is 0 Å². The van der Waals surface area contributed by atoms with E-state index in [2.05, 4.69) is 51.2 Å². The number of nitrogens with zero attached hydrogens (tertiary/aromatic N) is 4. The van der Waals surface area contributed by atoms with Crippen LogP contribution in [0.1, 0.15) is 50.3 Å². The van der Waals surface area contributed by atoms with Gasteiger partial charge in [0.2, 0.25) is 5.16 Å². The number of H-pyrrole nitrogens is 1. The summed E-state index contributed by atoms with van der Waals surface area (Å²) in [4.78, 5) is 13.6. The van der Waals surface area contributed by atoms with Crippen molar-refractivity contribution in [1.82, 2.24) is 25.1 Å². The lowest BCUT2D eigenvalue weighted by Crippen LogP contribution is -2.09. The Hall–Kier alpha value is -1.63. The van der Waals surface area contributed by atoms with E-state index in [9.17, 15) is 0 Å². The fraction of sp³-hybridized carbons (Fsp3) is 0.571. The monoisotopic (exact) mass is 306 g/mol. The van der Waals surface area contributed by atoms with Crippen LogP contribution in [0.25, 0.3) is 0 Å². The van der Waals surface area contributed by atoms with Crippen LogP contribution in [-0.2, 0) is 0 Å². The van der Waals surface area contributed by atoms with Crippen LogP contribution in [0, 0.1) is 13.8 Å². The van der Waals surface area contributed by atoms with E-state index in [-0.39, 0.29) is 5.92 Å². The van der Waals surface area contributed by atoms with E-state index in [0.29, 0.717) is 5.16 Å². The molecule has 0 aromatic carbocycles. The molecule has 0 amide bonds. The Bertz CT molecular complexity index is 608. The predicted molar refractivity (Wildman–Crippen MR) is 84.9 cm³/mol. The van der Waals surface area contributed by atoms with Crippen molar-refractivity contribution in [2.75, 3.05) is 11.9 Å². The zero-order chi connectivity index (χ0) is 15.4. The lowest BCUT2D eigenvalue weighted by atomic mass is 10.2. The van der Waals surface area contributed by atoms with Crippen LogP contribution in [0.4, 0.5) is 5.82 Å². The molecular weight excluding hydrogens is 284 g/mol. The van der Waals surface area contributed by atoms with E-state index in [0.717, 1.165) is 41.0 Å². The van der Waals surface area contributed by atoms with Crippen molar-refractivity contribution in [3.05, 3.63) is 17.2 Å². The second kappa shape index (κ2) is 6.89. The molecule has 0 unspecified atom stereocenters. The molecule has 0 radical (unpaired) electrons. The van der Waals surface area contributed by atoms with Gasteiger partial charge in [-0.2, -0.15) is 0 Å². The minimum atomic E-state index is 0.279. The van der Waals surface area contributed by atoms with Gasteiger partial charge in [0.15, 0.2) is 0 Å². The van der Waals surface area contributed by atoms with Gasteiger partial charge in [0.05, 0.1) is 0 Å². The molecule has 0 spiro atoms. The molecule has 0 fully saturated rings. The summed E-state index contributed by atoms with van der Waals surface area (Å²) in [5.74, 6) is 2.83. The number of hydrogen-bond donors (Lipinski definition) is 2. The van der Waals surface area contributed by atoms with E-state index < -0.39 is 0 Å². The summed E-state index contributed by atoms with van der Waals surface area (Å²) >= 11 is 1.47. The minimum absolute atomic E-state index is 0.279. The van der Waals surface area contributed by atoms with Crippen LogP contribution in [0.2, 0.25) is 0 Å². The van der Waals surface area contributed by atoms with Gasteiger partial charge in [-0.3, -0.25) is 5.10 Å². The first-order valence-corrected chi connectivity index (χ1v) is 8.02. The summed E-state index contributed by atoms with van der Waals surface area (Å²) in [7, 11) is 0. The second-order valence-corrected chi connectivity index (χ2v) is 6.20. The number of hydrogen-bond acceptors (Lipinski definition) is 6. The molecule has 2 N–H and O–H groups in total. The third-order valence-electron chi connectivity index (χ3n) is 2.94. The Kier molecular flexibility index (Phi) is 5.17. The molecule has 2 heterocycles. The van der Waals surface area contributed by atoms with Crippen molar-refractivity contribution >= 4 is 17.6 Å². The van der Waals surface area contributed by atoms with Gasteiger partial charge in [-0.15, -0.1) is 5.10 Å². The molecule has 0 aliphatic carbocycles. The summed E-state index contributed by atoms with van der Waals surface area (Å²) in [6.07, 6.45) is 1.06. The van der Waals surface area contributed by atoms with Crippen molar-refractivity contribution in [2.24, 2.45) is 0 Å². The van der Waals surface area contributed by atoms with Crippen LogP contribution >= 0.6 is 11.8 Å². The Balaban J connectivity index is 2.35. The van der Waals surface area contributed by atoms with E-state index in [1.807, 2.05) is 13.8 Å². The molecule has 6 nitrogen and oxygen atoms in total. The third kappa shape index (κ3) is 3.93. The SMILES string of the molecule is CCCNc1nc(C(C)C)nc(Sc2n[nH]c(C)n2)c1C. The topological polar surface area (TPSA) is 79.4 Å². The van der Waals surface area contributed by atoms with Gasteiger partial charge in [-0.1, -0.05) is 20.8 Å². The predicted octanol–water partition coefficient (Wildman–Crippen LogP) is 3.31. The highest BCUT2D eigenvalue weighted by Crippen LogP contribution is 2.30. The van der Waals surface area contributed by atoms with Gasteiger partial charge in [0, 0.05) is 18.0 Å². The van der Waals surface area contributed by atoms with Gasteiger partial charge in [-0.25, -0.2) is 15.0 Å². The van der Waals surface area contributed by atoms with Gasteiger partial charge in [-0.05, 0) is 32.0 Å². The van der Waals surface area contributed by atoms with E-state index >= 15 is 0 Å². The minimum Gasteiger partial charge on any atom is -0.370 e. The average Bonchev–Trinajstić information content (AvgIpc) is 2.84. The van der Waals surface area contributed by atoms with Crippen LogP contribution in [0.5, 0.6) is 0 Å². The lowest BCUT2D eigenvalue weighted by Gasteiger charge is -2.14. The Morgan fingerprint density at radius 1 is 1.19 bits per heavy atom. The fourth-order valence-corrected chi connectivity index (χ4v) is 2.58. The molecule has 0 saturated heterocycles. The maximum absolute atomic E-state index is 4.66. The average molecular weight is 306 g/mol. The molecule has 0 atom stereocenters. The van der Waals surface area contributed by atoms with Crippen molar-refractivity contribution < 1.29 is 0 Å². The van der Waals surface area contributed by atoms with Crippen LogP contribution < -0.4 is 5.32 Å². The number of nitrogens with one attached hydrogen (secondary N) is 2. The van der Waals surface area contributed by atoms with Gasteiger partial charge in [0.1, 0.15) is 22.5 Å². The zero-order valence-electron chi connectivity index (χ0n) is 13.2. The summed E-state index contributed by atoms with van der Waals surface area (Å²) in [5.41, 5.74) is 1.04. The molecule has 7 heteroatoms. The van der Waals surface area contributed by atoms with Crippen LogP contribution in [0.3, 0.4) is 0 Å². The molecule has 0 bridgehead atoms. The van der Waals surface area contributed by atoms with Gasteiger partial charge >= 0.3 is 0 Å².